The summed E-state index contributed by atoms with van der Waals surface area (Å²) in [5.41, 5.74) is 2.78. The highest BCUT2D eigenvalue weighted by Gasteiger charge is 2.61. The number of carbonyl (C=O) groups excluding carboxylic acids is 2. The quantitative estimate of drug-likeness (QED) is 0.268. The van der Waals surface area contributed by atoms with Crippen LogP contribution in [0.3, 0.4) is 0 Å². The van der Waals surface area contributed by atoms with E-state index in [4.69, 9.17) is 18.6 Å². The molecule has 3 N–H and O–H groups in total. The molecule has 46 heavy (non-hydrogen) atoms. The number of fused-ring (bicyclic) bond motifs is 4. The number of carbonyl (C=O) groups is 2. The van der Waals surface area contributed by atoms with Crippen molar-refractivity contribution in [2.24, 2.45) is 17.8 Å². The number of amides is 1. The highest BCUT2D eigenvalue weighted by atomic mass is 16.5. The van der Waals surface area contributed by atoms with Crippen molar-refractivity contribution in [2.45, 2.75) is 71.2 Å². The molecule has 1 spiro atoms. The summed E-state index contributed by atoms with van der Waals surface area (Å²) in [6.45, 7) is 9.10. The molecule has 2 unspecified atom stereocenters. The molecule has 0 saturated carbocycles. The number of ketones is 1. The first-order valence-electron chi connectivity index (χ1n) is 15.6. The van der Waals surface area contributed by atoms with Gasteiger partial charge in [0.1, 0.15) is 35.1 Å². The van der Waals surface area contributed by atoms with Crippen LogP contribution in [0, 0.1) is 36.0 Å². The van der Waals surface area contributed by atoms with E-state index in [0.29, 0.717) is 23.0 Å². The lowest BCUT2D eigenvalue weighted by Gasteiger charge is -2.28. The Morgan fingerprint density at radius 3 is 2.61 bits per heavy atom. The number of Topliss-reactive ketones (excluding diaryl/α,β-unsaturated/α-hetero) is 1. The second-order valence-electron chi connectivity index (χ2n) is 13.1. The molecule has 11 heteroatoms. The van der Waals surface area contributed by atoms with Crippen LogP contribution >= 0.6 is 0 Å². The van der Waals surface area contributed by atoms with Crippen LogP contribution in [0.25, 0.3) is 11.6 Å². The van der Waals surface area contributed by atoms with Crippen LogP contribution in [-0.4, -0.2) is 39.1 Å². The maximum atomic E-state index is 14.0. The molecule has 3 aliphatic rings. The molecular formula is C35H35N5O6. The number of ether oxygens (including phenoxy) is 1. The number of anilines is 1. The minimum Gasteiger partial charge on any atom is -0.469 e. The van der Waals surface area contributed by atoms with Crippen molar-refractivity contribution in [3.8, 4) is 23.4 Å². The van der Waals surface area contributed by atoms with E-state index in [-0.39, 0.29) is 53.8 Å². The van der Waals surface area contributed by atoms with Crippen molar-refractivity contribution < 1.29 is 28.3 Å². The van der Waals surface area contributed by atoms with Crippen molar-refractivity contribution in [3.63, 3.8) is 0 Å². The molecule has 4 aromatic rings. The van der Waals surface area contributed by atoms with Crippen LogP contribution in [0.5, 0.6) is 5.75 Å². The molecule has 11 nitrogen and oxygen atoms in total. The zero-order valence-corrected chi connectivity index (χ0v) is 26.2. The Kier molecular flexibility index (Phi) is 7.01. The van der Waals surface area contributed by atoms with E-state index in [9.17, 15) is 20.0 Å². The first kappa shape index (κ1) is 29.7. The molecule has 1 amide bonds. The zero-order chi connectivity index (χ0) is 32.5. The number of hydrogen-bond donors (Lipinski definition) is 3. The topological polar surface area (TPSA) is 164 Å². The smallest absolute Gasteiger partial charge is 0.250 e. The number of aryl methyl sites for hydroxylation is 1. The number of hydrogen-bond acceptors (Lipinski definition) is 10. The van der Waals surface area contributed by atoms with Crippen molar-refractivity contribution >= 4 is 17.4 Å². The van der Waals surface area contributed by atoms with Gasteiger partial charge in [-0.25, -0.2) is 4.98 Å². The van der Waals surface area contributed by atoms with Gasteiger partial charge in [-0.1, -0.05) is 58.0 Å². The van der Waals surface area contributed by atoms with Crippen LogP contribution in [-0.2, 0) is 21.4 Å². The van der Waals surface area contributed by atoms with E-state index in [2.05, 4.69) is 21.7 Å². The largest absolute Gasteiger partial charge is 0.469 e. The summed E-state index contributed by atoms with van der Waals surface area (Å²) in [5, 5.41) is 26.9. The average Bonchev–Trinajstić information content (AvgIpc) is 3.77. The number of rotatable bonds is 6. The fourth-order valence-corrected chi connectivity index (χ4v) is 6.90. The monoisotopic (exact) mass is 621 g/mol. The van der Waals surface area contributed by atoms with E-state index >= 15 is 0 Å². The molecule has 7 rings (SSSR count). The van der Waals surface area contributed by atoms with E-state index in [1.54, 1.807) is 20.8 Å². The number of oxazole rings is 2. The lowest BCUT2D eigenvalue weighted by Crippen LogP contribution is -2.41. The van der Waals surface area contributed by atoms with Crippen LogP contribution in [0.4, 0.5) is 5.69 Å². The van der Waals surface area contributed by atoms with Gasteiger partial charge in [0, 0.05) is 23.6 Å². The van der Waals surface area contributed by atoms with Crippen molar-refractivity contribution in [1.29, 1.82) is 5.26 Å². The standard InChI is InChI=1S/C35H35N5O6/c1-16(2)27-32-40-28(33-37-24(15-36)18(5)44-33)30(46-32)35-21-8-6-7-9-23(21)38-34(35)45-26-11-10-19(13-22(26)35)12-20(31(43)39-27)14-25(41)29(42)17(3)4/h6-11,13,16-17,20,27,29,34,38,42H,12,14H2,1-5H3,(H,39,43)/t20?,27-,29-,34?,35-/m0/s1. The Hall–Kier alpha value is -4.95. The number of nitrogens with one attached hydrogen (secondary N) is 2. The Labute approximate surface area is 266 Å². The Morgan fingerprint density at radius 1 is 1.11 bits per heavy atom. The minimum absolute atomic E-state index is 0.121. The second-order valence-corrected chi connectivity index (χ2v) is 13.1. The van der Waals surface area contributed by atoms with Gasteiger partial charge in [0.05, 0.1) is 0 Å². The van der Waals surface area contributed by atoms with Crippen LogP contribution in [0.1, 0.15) is 80.0 Å². The summed E-state index contributed by atoms with van der Waals surface area (Å²) < 4.78 is 19.4. The SMILES string of the molecule is Cc1oc(-c2nc3oc2[C@@]24c5ccccc5NC2Oc2ccc(cc24)CC(CC(=O)[C@@H](O)C(C)C)C(=O)N[C@H]3C(C)C)nc1C#N. The van der Waals surface area contributed by atoms with Gasteiger partial charge in [-0.3, -0.25) is 9.59 Å². The van der Waals surface area contributed by atoms with E-state index < -0.39 is 29.7 Å². The molecule has 2 aromatic carbocycles. The third kappa shape index (κ3) is 4.42. The van der Waals surface area contributed by atoms with Gasteiger partial charge >= 0.3 is 0 Å². The molecule has 3 aliphatic heterocycles. The number of para-hydroxylation sites is 1. The summed E-state index contributed by atoms with van der Waals surface area (Å²) in [4.78, 5) is 36.6. The molecule has 0 aliphatic carbocycles. The molecule has 2 aromatic heterocycles. The number of aliphatic hydroxyl groups is 1. The number of nitriles is 1. The molecule has 0 radical (unpaired) electrons. The number of benzene rings is 2. The summed E-state index contributed by atoms with van der Waals surface area (Å²) in [6.07, 6.45) is -1.65. The predicted octanol–water partition coefficient (Wildman–Crippen LogP) is 4.95. The van der Waals surface area contributed by atoms with E-state index in [1.807, 2.05) is 56.3 Å². The van der Waals surface area contributed by atoms with Crippen molar-refractivity contribution in [2.75, 3.05) is 5.32 Å². The predicted molar refractivity (Wildman–Crippen MR) is 166 cm³/mol. The minimum atomic E-state index is -1.17. The highest BCUT2D eigenvalue weighted by Crippen LogP contribution is 2.59. The molecule has 4 bridgehead atoms. The lowest BCUT2D eigenvalue weighted by molar-refractivity contribution is -0.135. The maximum absolute atomic E-state index is 14.0. The van der Waals surface area contributed by atoms with Crippen LogP contribution in [0.2, 0.25) is 0 Å². The normalized spacial score (nSPS) is 23.4. The molecule has 5 heterocycles. The summed E-state index contributed by atoms with van der Waals surface area (Å²) in [5.74, 6) is -0.186. The third-order valence-electron chi connectivity index (χ3n) is 9.34. The van der Waals surface area contributed by atoms with Crippen LogP contribution < -0.4 is 15.4 Å². The lowest BCUT2D eigenvalue weighted by atomic mass is 9.72. The van der Waals surface area contributed by atoms with Gasteiger partial charge in [-0.05, 0) is 48.4 Å². The number of aromatic nitrogens is 2. The average molecular weight is 622 g/mol. The van der Waals surface area contributed by atoms with Gasteiger partial charge in [0.15, 0.2) is 29.2 Å². The van der Waals surface area contributed by atoms with Crippen molar-refractivity contribution in [3.05, 3.63) is 82.3 Å². The summed E-state index contributed by atoms with van der Waals surface area (Å²) in [6, 6.07) is 15.0. The molecule has 0 fully saturated rings. The Morgan fingerprint density at radius 2 is 1.89 bits per heavy atom. The van der Waals surface area contributed by atoms with Gasteiger partial charge in [-0.15, -0.1) is 0 Å². The Bertz CT molecular complexity index is 1920. The molecule has 0 saturated heterocycles. The Balaban J connectivity index is 1.49. The fraction of sp³-hybridized carbons (Fsp3) is 0.400. The number of aliphatic hydroxyl groups excluding tert-OH is 1. The van der Waals surface area contributed by atoms with Crippen molar-refractivity contribution in [1.82, 2.24) is 15.3 Å². The van der Waals surface area contributed by atoms with Gasteiger partial charge in [0.25, 0.3) is 0 Å². The maximum Gasteiger partial charge on any atom is 0.250 e. The summed E-state index contributed by atoms with van der Waals surface area (Å²) >= 11 is 0. The van der Waals surface area contributed by atoms with E-state index in [1.165, 1.54) is 0 Å². The van der Waals surface area contributed by atoms with E-state index in [0.717, 1.165) is 22.4 Å². The molecule has 236 valence electrons. The van der Waals surface area contributed by atoms with Crippen LogP contribution in [0.15, 0.2) is 51.3 Å². The van der Waals surface area contributed by atoms with Gasteiger partial charge in [0.2, 0.25) is 17.7 Å². The highest BCUT2D eigenvalue weighted by molar-refractivity contribution is 5.89. The second kappa shape index (κ2) is 10.8. The summed E-state index contributed by atoms with van der Waals surface area (Å²) in [7, 11) is 0. The van der Waals surface area contributed by atoms with Gasteiger partial charge < -0.3 is 29.3 Å². The first-order valence-corrected chi connectivity index (χ1v) is 15.6. The fourth-order valence-electron chi connectivity index (χ4n) is 6.90. The number of nitrogens with zero attached hydrogens (tertiary/aromatic N) is 3. The first-order chi connectivity index (χ1) is 22.0. The van der Waals surface area contributed by atoms with Gasteiger partial charge in [-0.2, -0.15) is 10.2 Å². The molecule has 5 atom stereocenters. The third-order valence-corrected chi connectivity index (χ3v) is 9.34. The zero-order valence-electron chi connectivity index (χ0n) is 26.2. The molecular weight excluding hydrogens is 586 g/mol.